The van der Waals surface area contributed by atoms with Gasteiger partial charge in [-0.15, -0.1) is 0 Å². The van der Waals surface area contributed by atoms with Gasteiger partial charge in [-0.1, -0.05) is 6.07 Å². The standard InChI is InChI=1S/C15H16F2N2O2/c1-10(19-12-4-3-7-18-9-12)11-5-6-13(21-15(16)17)14(8-11)20-2/h3-10,15,19H,1-2H3/t10-/m1/s1. The van der Waals surface area contributed by atoms with Gasteiger partial charge in [0.25, 0.3) is 0 Å². The summed E-state index contributed by atoms with van der Waals surface area (Å²) in [5.74, 6) is 0.289. The third kappa shape index (κ3) is 4.05. The lowest BCUT2D eigenvalue weighted by molar-refractivity contribution is -0.0512. The third-order valence-electron chi connectivity index (χ3n) is 2.95. The lowest BCUT2D eigenvalue weighted by Crippen LogP contribution is -2.08. The molecule has 1 aromatic heterocycles. The number of anilines is 1. The van der Waals surface area contributed by atoms with Gasteiger partial charge in [-0.05, 0) is 36.8 Å². The molecule has 0 bridgehead atoms. The number of rotatable bonds is 6. The molecule has 0 aliphatic heterocycles. The number of pyridine rings is 1. The zero-order valence-electron chi connectivity index (χ0n) is 11.7. The minimum atomic E-state index is -2.88. The number of nitrogens with one attached hydrogen (secondary N) is 1. The summed E-state index contributed by atoms with van der Waals surface area (Å²) >= 11 is 0. The fourth-order valence-electron chi connectivity index (χ4n) is 1.93. The molecular weight excluding hydrogens is 278 g/mol. The second-order valence-corrected chi connectivity index (χ2v) is 4.40. The molecule has 0 amide bonds. The van der Waals surface area contributed by atoms with Gasteiger partial charge in [0.05, 0.1) is 12.8 Å². The Balaban J connectivity index is 2.16. The van der Waals surface area contributed by atoms with Crippen LogP contribution in [0.4, 0.5) is 14.5 Å². The van der Waals surface area contributed by atoms with E-state index in [1.165, 1.54) is 13.2 Å². The van der Waals surface area contributed by atoms with E-state index in [4.69, 9.17) is 4.74 Å². The summed E-state index contributed by atoms with van der Waals surface area (Å²) < 4.78 is 34.1. The van der Waals surface area contributed by atoms with Crippen LogP contribution in [0, 0.1) is 0 Å². The quantitative estimate of drug-likeness (QED) is 0.878. The van der Waals surface area contributed by atoms with Gasteiger partial charge in [-0.3, -0.25) is 4.98 Å². The zero-order chi connectivity index (χ0) is 15.2. The fourth-order valence-corrected chi connectivity index (χ4v) is 1.93. The predicted molar refractivity (Wildman–Crippen MR) is 75.9 cm³/mol. The first-order valence-electron chi connectivity index (χ1n) is 6.39. The monoisotopic (exact) mass is 294 g/mol. The molecule has 0 fully saturated rings. The van der Waals surface area contributed by atoms with Gasteiger partial charge < -0.3 is 14.8 Å². The Morgan fingerprint density at radius 2 is 2.00 bits per heavy atom. The number of hydrogen-bond donors (Lipinski definition) is 1. The van der Waals surface area contributed by atoms with E-state index in [1.807, 2.05) is 19.1 Å². The first-order chi connectivity index (χ1) is 10.1. The SMILES string of the molecule is COc1cc([C@@H](C)Nc2cccnc2)ccc1OC(F)F. The number of ether oxygens (including phenoxy) is 2. The van der Waals surface area contributed by atoms with E-state index < -0.39 is 6.61 Å². The predicted octanol–water partition coefficient (Wildman–Crippen LogP) is 3.86. The average molecular weight is 294 g/mol. The van der Waals surface area contributed by atoms with Crippen molar-refractivity contribution in [3.05, 3.63) is 48.3 Å². The van der Waals surface area contributed by atoms with Crippen molar-refractivity contribution in [3.8, 4) is 11.5 Å². The minimum absolute atomic E-state index is 0.0184. The minimum Gasteiger partial charge on any atom is -0.493 e. The summed E-state index contributed by atoms with van der Waals surface area (Å²) in [5.41, 5.74) is 1.76. The average Bonchev–Trinajstić information content (AvgIpc) is 2.48. The topological polar surface area (TPSA) is 43.4 Å². The Morgan fingerprint density at radius 3 is 2.62 bits per heavy atom. The van der Waals surface area contributed by atoms with Crippen molar-refractivity contribution in [2.75, 3.05) is 12.4 Å². The van der Waals surface area contributed by atoms with Crippen molar-refractivity contribution in [3.63, 3.8) is 0 Å². The van der Waals surface area contributed by atoms with Crippen molar-refractivity contribution in [1.29, 1.82) is 0 Å². The molecule has 6 heteroatoms. The van der Waals surface area contributed by atoms with Crippen molar-refractivity contribution in [1.82, 2.24) is 4.98 Å². The second-order valence-electron chi connectivity index (χ2n) is 4.40. The Bertz CT molecular complexity index is 579. The van der Waals surface area contributed by atoms with Crippen molar-refractivity contribution in [2.24, 2.45) is 0 Å². The van der Waals surface area contributed by atoms with Crippen LogP contribution in [-0.4, -0.2) is 18.7 Å². The molecule has 0 saturated heterocycles. The summed E-state index contributed by atoms with van der Waals surface area (Å²) in [6.45, 7) is -0.925. The summed E-state index contributed by atoms with van der Waals surface area (Å²) in [5, 5.41) is 3.26. The molecule has 4 nitrogen and oxygen atoms in total. The molecular formula is C15H16F2N2O2. The van der Waals surface area contributed by atoms with E-state index in [-0.39, 0.29) is 17.5 Å². The number of methoxy groups -OCH3 is 1. The maximum absolute atomic E-state index is 12.3. The Kier molecular flexibility index (Phi) is 4.92. The molecule has 1 heterocycles. The van der Waals surface area contributed by atoms with E-state index in [0.717, 1.165) is 11.3 Å². The Hall–Kier alpha value is -2.37. The Labute approximate surface area is 121 Å². The molecule has 2 aromatic rings. The number of alkyl halides is 2. The van der Waals surface area contributed by atoms with Gasteiger partial charge in [-0.25, -0.2) is 0 Å². The van der Waals surface area contributed by atoms with Crippen LogP contribution in [0.5, 0.6) is 11.5 Å². The summed E-state index contributed by atoms with van der Waals surface area (Å²) in [4.78, 5) is 4.02. The van der Waals surface area contributed by atoms with Crippen LogP contribution < -0.4 is 14.8 Å². The lowest BCUT2D eigenvalue weighted by Gasteiger charge is -2.17. The largest absolute Gasteiger partial charge is 0.493 e. The van der Waals surface area contributed by atoms with Gasteiger partial charge in [0, 0.05) is 18.4 Å². The van der Waals surface area contributed by atoms with E-state index in [9.17, 15) is 8.78 Å². The molecule has 2 rings (SSSR count). The highest BCUT2D eigenvalue weighted by molar-refractivity contribution is 5.47. The number of benzene rings is 1. The molecule has 0 unspecified atom stereocenters. The highest BCUT2D eigenvalue weighted by Crippen LogP contribution is 2.32. The van der Waals surface area contributed by atoms with Gasteiger partial charge in [-0.2, -0.15) is 8.78 Å². The normalized spacial score (nSPS) is 12.0. The fraction of sp³-hybridized carbons (Fsp3) is 0.267. The molecule has 1 N–H and O–H groups in total. The molecule has 0 saturated carbocycles. The van der Waals surface area contributed by atoms with Crippen LogP contribution in [0.2, 0.25) is 0 Å². The molecule has 1 aromatic carbocycles. The zero-order valence-corrected chi connectivity index (χ0v) is 11.7. The molecule has 0 aliphatic carbocycles. The highest BCUT2D eigenvalue weighted by atomic mass is 19.3. The van der Waals surface area contributed by atoms with Crippen molar-refractivity contribution >= 4 is 5.69 Å². The third-order valence-corrected chi connectivity index (χ3v) is 2.95. The van der Waals surface area contributed by atoms with Crippen LogP contribution in [-0.2, 0) is 0 Å². The molecule has 112 valence electrons. The summed E-state index contributed by atoms with van der Waals surface area (Å²) in [6.07, 6.45) is 3.40. The van der Waals surface area contributed by atoms with E-state index in [1.54, 1.807) is 24.5 Å². The van der Waals surface area contributed by atoms with E-state index >= 15 is 0 Å². The van der Waals surface area contributed by atoms with Gasteiger partial charge in [0.15, 0.2) is 11.5 Å². The molecule has 1 atom stereocenters. The van der Waals surface area contributed by atoms with Crippen molar-refractivity contribution in [2.45, 2.75) is 19.6 Å². The van der Waals surface area contributed by atoms with Crippen LogP contribution >= 0.6 is 0 Å². The van der Waals surface area contributed by atoms with E-state index in [2.05, 4.69) is 15.0 Å². The number of aromatic nitrogens is 1. The first-order valence-corrected chi connectivity index (χ1v) is 6.39. The van der Waals surface area contributed by atoms with Gasteiger partial charge >= 0.3 is 6.61 Å². The second kappa shape index (κ2) is 6.88. The van der Waals surface area contributed by atoms with Gasteiger partial charge in [0.2, 0.25) is 0 Å². The number of nitrogens with zero attached hydrogens (tertiary/aromatic N) is 1. The van der Waals surface area contributed by atoms with Crippen LogP contribution in [0.1, 0.15) is 18.5 Å². The van der Waals surface area contributed by atoms with Crippen LogP contribution in [0.3, 0.4) is 0 Å². The molecule has 0 spiro atoms. The number of halogens is 2. The lowest BCUT2D eigenvalue weighted by atomic mass is 10.1. The molecule has 0 aliphatic rings. The first kappa shape index (κ1) is 15.0. The Morgan fingerprint density at radius 1 is 1.19 bits per heavy atom. The van der Waals surface area contributed by atoms with Crippen LogP contribution in [0.25, 0.3) is 0 Å². The maximum Gasteiger partial charge on any atom is 0.387 e. The van der Waals surface area contributed by atoms with Crippen molar-refractivity contribution < 1.29 is 18.3 Å². The van der Waals surface area contributed by atoms with Crippen LogP contribution in [0.15, 0.2) is 42.7 Å². The van der Waals surface area contributed by atoms with E-state index in [0.29, 0.717) is 0 Å². The summed E-state index contributed by atoms with van der Waals surface area (Å²) in [7, 11) is 1.41. The highest BCUT2D eigenvalue weighted by Gasteiger charge is 2.13. The summed E-state index contributed by atoms with van der Waals surface area (Å²) in [6, 6.07) is 8.55. The molecule has 21 heavy (non-hydrogen) atoms. The smallest absolute Gasteiger partial charge is 0.387 e. The number of hydrogen-bond acceptors (Lipinski definition) is 4. The maximum atomic E-state index is 12.3. The van der Waals surface area contributed by atoms with Gasteiger partial charge in [0.1, 0.15) is 0 Å². The molecule has 0 radical (unpaired) electrons.